The Labute approximate surface area is 121 Å². The number of benzene rings is 1. The number of pyridine rings is 1. The number of hydrogen-bond donors (Lipinski definition) is 2. The molecule has 0 spiro atoms. The third-order valence-corrected chi connectivity index (χ3v) is 3.07. The van der Waals surface area contributed by atoms with Gasteiger partial charge in [-0.15, -0.1) is 0 Å². The van der Waals surface area contributed by atoms with E-state index in [1.54, 1.807) is 24.3 Å². The molecule has 1 amide bonds. The van der Waals surface area contributed by atoms with Crippen molar-refractivity contribution in [3.8, 4) is 0 Å². The van der Waals surface area contributed by atoms with Crippen LogP contribution in [0.1, 0.15) is 23.8 Å². The van der Waals surface area contributed by atoms with E-state index in [2.05, 4.69) is 4.98 Å². The summed E-state index contributed by atoms with van der Waals surface area (Å²) >= 11 is 0. The van der Waals surface area contributed by atoms with E-state index in [9.17, 15) is 14.4 Å². The summed E-state index contributed by atoms with van der Waals surface area (Å²) in [7, 11) is 0. The molecule has 110 valence electrons. The fraction of sp³-hybridized carbons (Fsp3) is 0.267. The fourth-order valence-corrected chi connectivity index (χ4v) is 2.17. The smallest absolute Gasteiger partial charge is 0.323 e. The van der Waals surface area contributed by atoms with Gasteiger partial charge in [0, 0.05) is 23.5 Å². The quantitative estimate of drug-likeness (QED) is 0.871. The van der Waals surface area contributed by atoms with Crippen LogP contribution >= 0.6 is 0 Å². The van der Waals surface area contributed by atoms with Crippen LogP contribution in [0.5, 0.6) is 0 Å². The Morgan fingerprint density at radius 2 is 2.00 bits per heavy atom. The molecule has 6 heteroatoms. The predicted molar refractivity (Wildman–Crippen MR) is 78.4 cm³/mol. The number of nitrogens with zero attached hydrogens (tertiary/aromatic N) is 1. The van der Waals surface area contributed by atoms with Crippen molar-refractivity contribution in [2.45, 2.75) is 13.3 Å². The number of fused-ring (bicyclic) bond motifs is 1. The number of carbonyl (C=O) groups excluding carboxylic acids is 1. The van der Waals surface area contributed by atoms with Crippen molar-refractivity contribution in [3.63, 3.8) is 0 Å². The summed E-state index contributed by atoms with van der Waals surface area (Å²) < 4.78 is 0. The van der Waals surface area contributed by atoms with E-state index in [0.29, 0.717) is 23.9 Å². The van der Waals surface area contributed by atoms with Crippen LogP contribution in [0.3, 0.4) is 0 Å². The normalized spacial score (nSPS) is 10.5. The van der Waals surface area contributed by atoms with Crippen LogP contribution < -0.4 is 5.43 Å². The molecule has 0 saturated heterocycles. The number of para-hydroxylation sites is 1. The number of hydrogen-bond acceptors (Lipinski definition) is 3. The monoisotopic (exact) mass is 288 g/mol. The Kier molecular flexibility index (Phi) is 4.37. The van der Waals surface area contributed by atoms with E-state index in [-0.39, 0.29) is 17.7 Å². The maximum absolute atomic E-state index is 12.4. The molecule has 0 bridgehead atoms. The maximum atomic E-state index is 12.4. The molecular weight excluding hydrogens is 272 g/mol. The van der Waals surface area contributed by atoms with E-state index < -0.39 is 11.9 Å². The second-order valence-electron chi connectivity index (χ2n) is 4.71. The van der Waals surface area contributed by atoms with Crippen molar-refractivity contribution < 1.29 is 14.7 Å². The number of H-pyrrole nitrogens is 1. The van der Waals surface area contributed by atoms with E-state index in [4.69, 9.17) is 5.11 Å². The van der Waals surface area contributed by atoms with Gasteiger partial charge in [0.2, 0.25) is 0 Å². The van der Waals surface area contributed by atoms with Crippen molar-refractivity contribution in [1.82, 2.24) is 9.88 Å². The van der Waals surface area contributed by atoms with Crippen LogP contribution in [0.2, 0.25) is 0 Å². The third-order valence-electron chi connectivity index (χ3n) is 3.07. The molecule has 6 nitrogen and oxygen atoms in total. The number of amides is 1. The second-order valence-corrected chi connectivity index (χ2v) is 4.71. The molecule has 0 unspecified atom stereocenters. The molecule has 2 N–H and O–H groups in total. The van der Waals surface area contributed by atoms with Crippen LogP contribution in [0, 0.1) is 0 Å². The first-order valence-electron chi connectivity index (χ1n) is 6.66. The van der Waals surface area contributed by atoms with Crippen molar-refractivity contribution in [2.24, 2.45) is 0 Å². The van der Waals surface area contributed by atoms with Gasteiger partial charge >= 0.3 is 5.97 Å². The highest BCUT2D eigenvalue weighted by Gasteiger charge is 2.19. The minimum atomic E-state index is -1.08. The molecule has 0 atom stereocenters. The highest BCUT2D eigenvalue weighted by molar-refractivity contribution is 5.96. The van der Waals surface area contributed by atoms with Crippen LogP contribution in [-0.4, -0.2) is 40.0 Å². The average Bonchev–Trinajstić information content (AvgIpc) is 2.45. The first kappa shape index (κ1) is 14.8. The molecule has 1 aromatic heterocycles. The summed E-state index contributed by atoms with van der Waals surface area (Å²) in [5.41, 5.74) is 0.396. The van der Waals surface area contributed by atoms with Gasteiger partial charge in [-0.25, -0.2) is 0 Å². The van der Waals surface area contributed by atoms with Gasteiger partial charge in [-0.1, -0.05) is 19.1 Å². The largest absolute Gasteiger partial charge is 0.480 e. The SMILES string of the molecule is CCCN(CC(=O)O)C(=O)c1cc(=O)c2ccccc2[nH]1. The van der Waals surface area contributed by atoms with Gasteiger partial charge < -0.3 is 15.0 Å². The van der Waals surface area contributed by atoms with Gasteiger partial charge in [-0.3, -0.25) is 14.4 Å². The molecule has 1 aromatic carbocycles. The molecule has 2 aromatic rings. The number of carboxylic acid groups (broad SMARTS) is 1. The van der Waals surface area contributed by atoms with E-state index in [1.165, 1.54) is 11.0 Å². The number of aromatic nitrogens is 1. The van der Waals surface area contributed by atoms with Crippen molar-refractivity contribution in [3.05, 3.63) is 46.2 Å². The zero-order valence-electron chi connectivity index (χ0n) is 11.6. The van der Waals surface area contributed by atoms with Crippen molar-refractivity contribution in [2.75, 3.05) is 13.1 Å². The van der Waals surface area contributed by atoms with Gasteiger partial charge in [0.1, 0.15) is 12.2 Å². The minimum absolute atomic E-state index is 0.105. The number of carbonyl (C=O) groups is 2. The molecular formula is C15H16N2O4. The summed E-state index contributed by atoms with van der Waals surface area (Å²) in [4.78, 5) is 39.3. The number of rotatable bonds is 5. The summed E-state index contributed by atoms with van der Waals surface area (Å²) in [5.74, 6) is -1.57. The van der Waals surface area contributed by atoms with Gasteiger partial charge in [-0.2, -0.15) is 0 Å². The topological polar surface area (TPSA) is 90.5 Å². The highest BCUT2D eigenvalue weighted by Crippen LogP contribution is 2.09. The second kappa shape index (κ2) is 6.21. The van der Waals surface area contributed by atoms with Crippen LogP contribution in [0.25, 0.3) is 10.9 Å². The molecule has 0 fully saturated rings. The molecule has 21 heavy (non-hydrogen) atoms. The molecule has 0 saturated carbocycles. The predicted octanol–water partition coefficient (Wildman–Crippen LogP) is 1.46. The summed E-state index contributed by atoms with van der Waals surface area (Å²) in [5, 5.41) is 9.36. The first-order valence-corrected chi connectivity index (χ1v) is 6.66. The molecule has 1 heterocycles. The maximum Gasteiger partial charge on any atom is 0.323 e. The zero-order valence-corrected chi connectivity index (χ0v) is 11.6. The summed E-state index contributed by atoms with van der Waals surface area (Å²) in [6, 6.07) is 8.09. The van der Waals surface area contributed by atoms with Gasteiger partial charge in [-0.05, 0) is 18.6 Å². The van der Waals surface area contributed by atoms with Gasteiger partial charge in [0.15, 0.2) is 5.43 Å². The third kappa shape index (κ3) is 3.28. The molecule has 0 aliphatic rings. The lowest BCUT2D eigenvalue weighted by atomic mass is 10.2. The Morgan fingerprint density at radius 3 is 2.67 bits per heavy atom. The van der Waals surface area contributed by atoms with Crippen LogP contribution in [0.15, 0.2) is 35.1 Å². The van der Waals surface area contributed by atoms with E-state index in [0.717, 1.165) is 0 Å². The summed E-state index contributed by atoms with van der Waals surface area (Å²) in [6.45, 7) is 1.78. The number of nitrogens with one attached hydrogen (secondary N) is 1. The highest BCUT2D eigenvalue weighted by atomic mass is 16.4. The van der Waals surface area contributed by atoms with Crippen molar-refractivity contribution >= 4 is 22.8 Å². The molecule has 2 rings (SSSR count). The lowest BCUT2D eigenvalue weighted by Gasteiger charge is -2.19. The van der Waals surface area contributed by atoms with Crippen molar-refractivity contribution in [1.29, 1.82) is 0 Å². The standard InChI is InChI=1S/C15H16N2O4/c1-2-7-17(9-14(19)20)15(21)12-8-13(18)10-5-3-4-6-11(10)16-12/h3-6,8H,2,7,9H2,1H3,(H,16,18)(H,19,20). The minimum Gasteiger partial charge on any atom is -0.480 e. The van der Waals surface area contributed by atoms with E-state index >= 15 is 0 Å². The number of aromatic amines is 1. The molecule has 0 aliphatic heterocycles. The van der Waals surface area contributed by atoms with Crippen LogP contribution in [-0.2, 0) is 4.79 Å². The lowest BCUT2D eigenvalue weighted by molar-refractivity contribution is -0.137. The average molecular weight is 288 g/mol. The number of carboxylic acids is 1. The fourth-order valence-electron chi connectivity index (χ4n) is 2.17. The Balaban J connectivity index is 2.42. The Hall–Kier alpha value is -2.63. The number of aliphatic carboxylic acids is 1. The van der Waals surface area contributed by atoms with Gasteiger partial charge in [0.05, 0.1) is 0 Å². The van der Waals surface area contributed by atoms with Gasteiger partial charge in [0.25, 0.3) is 5.91 Å². The molecule has 0 aliphatic carbocycles. The van der Waals surface area contributed by atoms with Crippen LogP contribution in [0.4, 0.5) is 0 Å². The van der Waals surface area contributed by atoms with E-state index in [1.807, 2.05) is 6.92 Å². The Bertz CT molecular complexity index is 736. The summed E-state index contributed by atoms with van der Waals surface area (Å²) in [6.07, 6.45) is 0.636. The zero-order chi connectivity index (χ0) is 15.4. The Morgan fingerprint density at radius 1 is 1.29 bits per heavy atom. The molecule has 0 radical (unpaired) electrons. The first-order chi connectivity index (χ1) is 10.0. The lowest BCUT2D eigenvalue weighted by Crippen LogP contribution is -2.37.